The van der Waals surface area contributed by atoms with Crippen LogP contribution in [0.3, 0.4) is 0 Å². The minimum atomic E-state index is 0.191. The maximum Gasteiger partial charge on any atom is 0.223 e. The van der Waals surface area contributed by atoms with Gasteiger partial charge in [-0.2, -0.15) is 0 Å². The van der Waals surface area contributed by atoms with Crippen molar-refractivity contribution in [2.45, 2.75) is 57.9 Å². The van der Waals surface area contributed by atoms with Crippen LogP contribution in [-0.2, 0) is 4.79 Å². The summed E-state index contributed by atoms with van der Waals surface area (Å²) < 4.78 is 0. The molecule has 0 aliphatic carbocycles. The number of likely N-dealkylation sites (tertiary alicyclic amines) is 1. The Morgan fingerprint density at radius 1 is 1.35 bits per heavy atom. The number of nitrogens with one attached hydrogen (secondary N) is 1. The SMILES string of the molecule is CC(CC(=O)N1CCCCC1CCO)C1CCCNC1. The lowest BCUT2D eigenvalue weighted by atomic mass is 9.85. The zero-order chi connectivity index (χ0) is 14.4. The molecule has 0 aromatic heterocycles. The number of nitrogens with zero attached hydrogens (tertiary/aromatic N) is 1. The van der Waals surface area contributed by atoms with Gasteiger partial charge in [-0.1, -0.05) is 6.92 Å². The first kappa shape index (κ1) is 15.8. The van der Waals surface area contributed by atoms with Gasteiger partial charge in [0.25, 0.3) is 0 Å². The topological polar surface area (TPSA) is 52.6 Å². The number of hydrogen-bond donors (Lipinski definition) is 2. The Bertz CT molecular complexity index is 301. The van der Waals surface area contributed by atoms with Crippen LogP contribution in [0.15, 0.2) is 0 Å². The van der Waals surface area contributed by atoms with Crippen LogP contribution in [0.2, 0.25) is 0 Å². The zero-order valence-electron chi connectivity index (χ0n) is 12.8. The minimum absolute atomic E-state index is 0.191. The molecule has 3 atom stereocenters. The Morgan fingerprint density at radius 3 is 2.90 bits per heavy atom. The third-order valence-corrected chi connectivity index (χ3v) is 5.05. The molecule has 1 amide bonds. The van der Waals surface area contributed by atoms with Crippen LogP contribution in [0.1, 0.15) is 51.9 Å². The molecule has 4 heteroatoms. The molecule has 2 aliphatic heterocycles. The van der Waals surface area contributed by atoms with Crippen molar-refractivity contribution in [3.63, 3.8) is 0 Å². The Morgan fingerprint density at radius 2 is 2.20 bits per heavy atom. The van der Waals surface area contributed by atoms with E-state index in [2.05, 4.69) is 12.2 Å². The largest absolute Gasteiger partial charge is 0.396 e. The second-order valence-electron chi connectivity index (χ2n) is 6.54. The summed E-state index contributed by atoms with van der Waals surface area (Å²) in [5.74, 6) is 1.42. The highest BCUT2D eigenvalue weighted by atomic mass is 16.3. The van der Waals surface area contributed by atoms with Crippen molar-refractivity contribution in [1.29, 1.82) is 0 Å². The van der Waals surface area contributed by atoms with E-state index in [1.807, 2.05) is 4.90 Å². The average molecular weight is 282 g/mol. The summed E-state index contributed by atoms with van der Waals surface area (Å²) in [4.78, 5) is 14.6. The molecule has 2 N–H and O–H groups in total. The third kappa shape index (κ3) is 4.19. The lowest BCUT2D eigenvalue weighted by Gasteiger charge is -2.37. The molecule has 3 unspecified atom stereocenters. The van der Waals surface area contributed by atoms with Crippen LogP contribution in [0.4, 0.5) is 0 Å². The lowest BCUT2D eigenvalue weighted by Crippen LogP contribution is -2.45. The molecule has 0 aromatic carbocycles. The molecule has 2 saturated heterocycles. The van der Waals surface area contributed by atoms with Crippen molar-refractivity contribution >= 4 is 5.91 Å². The van der Waals surface area contributed by atoms with Gasteiger partial charge in [-0.3, -0.25) is 4.79 Å². The average Bonchev–Trinajstić information content (AvgIpc) is 2.49. The molecule has 2 fully saturated rings. The van der Waals surface area contributed by atoms with Crippen molar-refractivity contribution in [3.05, 3.63) is 0 Å². The number of carbonyl (C=O) groups is 1. The van der Waals surface area contributed by atoms with Gasteiger partial charge in [0, 0.05) is 25.6 Å². The summed E-state index contributed by atoms with van der Waals surface area (Å²) in [6.45, 7) is 5.49. The summed E-state index contributed by atoms with van der Waals surface area (Å²) in [6.07, 6.45) is 7.27. The molecule has 0 radical (unpaired) electrons. The van der Waals surface area contributed by atoms with Crippen LogP contribution in [0.5, 0.6) is 0 Å². The van der Waals surface area contributed by atoms with Gasteiger partial charge in [-0.05, 0) is 63.5 Å². The number of aliphatic hydroxyl groups is 1. The molecule has 20 heavy (non-hydrogen) atoms. The smallest absolute Gasteiger partial charge is 0.223 e. The molecule has 0 saturated carbocycles. The first-order valence-corrected chi connectivity index (χ1v) is 8.33. The molecule has 4 nitrogen and oxygen atoms in total. The number of aliphatic hydroxyl groups excluding tert-OH is 1. The van der Waals surface area contributed by atoms with Crippen molar-refractivity contribution in [2.75, 3.05) is 26.2 Å². The Labute approximate surface area is 122 Å². The number of hydrogen-bond acceptors (Lipinski definition) is 3. The number of rotatable bonds is 5. The van der Waals surface area contributed by atoms with E-state index < -0.39 is 0 Å². The Hall–Kier alpha value is -0.610. The summed E-state index contributed by atoms with van der Waals surface area (Å²) in [5, 5.41) is 12.6. The normalized spacial score (nSPS) is 29.2. The van der Waals surface area contributed by atoms with E-state index >= 15 is 0 Å². The van der Waals surface area contributed by atoms with Crippen LogP contribution < -0.4 is 5.32 Å². The van der Waals surface area contributed by atoms with E-state index in [0.717, 1.165) is 38.9 Å². The maximum atomic E-state index is 12.6. The summed E-state index contributed by atoms with van der Waals surface area (Å²) in [7, 11) is 0. The fourth-order valence-corrected chi connectivity index (χ4v) is 3.70. The van der Waals surface area contributed by atoms with Crippen LogP contribution in [0.25, 0.3) is 0 Å². The molecule has 0 aromatic rings. The summed E-state index contributed by atoms with van der Waals surface area (Å²) >= 11 is 0. The molecule has 0 spiro atoms. The predicted octanol–water partition coefficient (Wildman–Crippen LogP) is 1.78. The van der Waals surface area contributed by atoms with E-state index in [1.165, 1.54) is 19.3 Å². The summed E-state index contributed by atoms with van der Waals surface area (Å²) in [6, 6.07) is 0.276. The minimum Gasteiger partial charge on any atom is -0.396 e. The fourth-order valence-electron chi connectivity index (χ4n) is 3.70. The van der Waals surface area contributed by atoms with Gasteiger partial charge >= 0.3 is 0 Å². The van der Waals surface area contributed by atoms with Gasteiger partial charge in [0.1, 0.15) is 0 Å². The van der Waals surface area contributed by atoms with Crippen molar-refractivity contribution in [2.24, 2.45) is 11.8 Å². The number of amides is 1. The molecule has 2 aliphatic rings. The second kappa shape index (κ2) is 7.99. The highest BCUT2D eigenvalue weighted by Crippen LogP contribution is 2.26. The maximum absolute atomic E-state index is 12.6. The molecular formula is C16H30N2O2. The fraction of sp³-hybridized carbons (Fsp3) is 0.938. The number of carbonyl (C=O) groups excluding carboxylic acids is 1. The van der Waals surface area contributed by atoms with Crippen molar-refractivity contribution < 1.29 is 9.90 Å². The molecule has 0 bridgehead atoms. The molecule has 2 rings (SSSR count). The van der Waals surface area contributed by atoms with Crippen LogP contribution >= 0.6 is 0 Å². The molecular weight excluding hydrogens is 252 g/mol. The highest BCUT2D eigenvalue weighted by Gasteiger charge is 2.29. The summed E-state index contributed by atoms with van der Waals surface area (Å²) in [5.41, 5.74) is 0. The van der Waals surface area contributed by atoms with Crippen LogP contribution in [-0.4, -0.2) is 48.2 Å². The van der Waals surface area contributed by atoms with Crippen molar-refractivity contribution in [3.8, 4) is 0 Å². The zero-order valence-corrected chi connectivity index (χ0v) is 12.8. The standard InChI is InChI=1S/C16H30N2O2/c1-13(14-5-4-8-17-12-14)11-16(20)18-9-3-2-6-15(18)7-10-19/h13-15,17,19H,2-12H2,1H3. The van der Waals surface area contributed by atoms with E-state index in [0.29, 0.717) is 24.2 Å². The number of piperidine rings is 2. The van der Waals surface area contributed by atoms with Gasteiger partial charge in [0.15, 0.2) is 0 Å². The first-order chi connectivity index (χ1) is 9.72. The van der Waals surface area contributed by atoms with Gasteiger partial charge in [-0.15, -0.1) is 0 Å². The molecule has 116 valence electrons. The van der Waals surface area contributed by atoms with E-state index in [4.69, 9.17) is 5.11 Å². The van der Waals surface area contributed by atoms with Crippen LogP contribution in [0, 0.1) is 11.8 Å². The monoisotopic (exact) mass is 282 g/mol. The quantitative estimate of drug-likeness (QED) is 0.808. The Balaban J connectivity index is 1.85. The molecule has 2 heterocycles. The predicted molar refractivity (Wildman–Crippen MR) is 80.4 cm³/mol. The van der Waals surface area contributed by atoms with Crippen molar-refractivity contribution in [1.82, 2.24) is 10.2 Å². The first-order valence-electron chi connectivity index (χ1n) is 8.33. The third-order valence-electron chi connectivity index (χ3n) is 5.05. The van der Waals surface area contributed by atoms with E-state index in [1.54, 1.807) is 0 Å². The van der Waals surface area contributed by atoms with E-state index in [-0.39, 0.29) is 12.6 Å². The van der Waals surface area contributed by atoms with Gasteiger partial charge in [0.2, 0.25) is 5.91 Å². The highest BCUT2D eigenvalue weighted by molar-refractivity contribution is 5.76. The van der Waals surface area contributed by atoms with Gasteiger partial charge in [0.05, 0.1) is 0 Å². The van der Waals surface area contributed by atoms with Gasteiger partial charge in [-0.25, -0.2) is 0 Å². The lowest BCUT2D eigenvalue weighted by molar-refractivity contribution is -0.136. The van der Waals surface area contributed by atoms with E-state index in [9.17, 15) is 4.79 Å². The Kier molecular flexibility index (Phi) is 6.30. The second-order valence-corrected chi connectivity index (χ2v) is 6.54. The van der Waals surface area contributed by atoms with Gasteiger partial charge < -0.3 is 15.3 Å².